The van der Waals surface area contributed by atoms with E-state index >= 15 is 0 Å². The van der Waals surface area contributed by atoms with Gasteiger partial charge in [0.25, 0.3) is 0 Å². The first-order valence-corrected chi connectivity index (χ1v) is 4.34. The lowest BCUT2D eigenvalue weighted by Crippen LogP contribution is -2.33. The molecule has 0 aromatic carbocycles. The van der Waals surface area contributed by atoms with Crippen LogP contribution in [0.4, 0.5) is 0 Å². The quantitative estimate of drug-likeness (QED) is 0.584. The average molecular weight is 153 g/mol. The van der Waals surface area contributed by atoms with E-state index in [9.17, 15) is 5.11 Å². The first-order valence-electron chi connectivity index (χ1n) is 4.34. The highest BCUT2D eigenvalue weighted by Gasteiger charge is 2.33. The molecule has 1 saturated carbocycles. The van der Waals surface area contributed by atoms with Gasteiger partial charge >= 0.3 is 0 Å². The van der Waals surface area contributed by atoms with Crippen LogP contribution >= 0.6 is 0 Å². The van der Waals surface area contributed by atoms with Crippen LogP contribution in [-0.4, -0.2) is 10.7 Å². The minimum Gasteiger partial charge on any atom is -0.375 e. The van der Waals surface area contributed by atoms with Gasteiger partial charge in [0.05, 0.1) is 6.07 Å². The Morgan fingerprint density at radius 2 is 2.45 bits per heavy atom. The predicted molar refractivity (Wildman–Crippen MR) is 42.8 cm³/mol. The van der Waals surface area contributed by atoms with Crippen molar-refractivity contribution >= 4 is 0 Å². The summed E-state index contributed by atoms with van der Waals surface area (Å²) in [5.41, 5.74) is -1.00. The molecule has 0 spiro atoms. The van der Waals surface area contributed by atoms with Gasteiger partial charge in [-0.2, -0.15) is 5.26 Å². The molecule has 1 N–H and O–H groups in total. The summed E-state index contributed by atoms with van der Waals surface area (Å²) in [6.07, 6.45) is 4.62. The van der Waals surface area contributed by atoms with Gasteiger partial charge in [-0.05, 0) is 25.2 Å². The van der Waals surface area contributed by atoms with E-state index in [1.54, 1.807) is 0 Å². The molecule has 1 rings (SSSR count). The summed E-state index contributed by atoms with van der Waals surface area (Å²) in [6, 6.07) is 2.00. The lowest BCUT2D eigenvalue weighted by molar-refractivity contribution is 0.0342. The Labute approximate surface area is 67.8 Å². The van der Waals surface area contributed by atoms with Crippen LogP contribution in [-0.2, 0) is 0 Å². The van der Waals surface area contributed by atoms with Crippen LogP contribution in [0.3, 0.4) is 0 Å². The van der Waals surface area contributed by atoms with E-state index in [2.05, 4.69) is 6.92 Å². The topological polar surface area (TPSA) is 44.0 Å². The normalized spacial score (nSPS) is 38.1. The number of nitrogens with zero attached hydrogens (tertiary/aromatic N) is 1. The molecule has 0 saturated heterocycles. The molecule has 62 valence electrons. The molecule has 0 aromatic rings. The second kappa shape index (κ2) is 3.23. The number of hydrogen-bond donors (Lipinski definition) is 1. The molecule has 0 radical (unpaired) electrons. The first kappa shape index (κ1) is 8.55. The molecule has 1 aliphatic rings. The fourth-order valence-electron chi connectivity index (χ4n) is 1.81. The molecule has 0 amide bonds. The van der Waals surface area contributed by atoms with E-state index in [0.717, 1.165) is 12.8 Å². The van der Waals surface area contributed by atoms with Crippen molar-refractivity contribution in [1.82, 2.24) is 0 Å². The van der Waals surface area contributed by atoms with E-state index in [1.807, 2.05) is 6.07 Å². The molecular formula is C9H15NO. The SMILES string of the molecule is CCC1CCCC(O)(C#N)C1. The summed E-state index contributed by atoms with van der Waals surface area (Å²) in [6.45, 7) is 2.12. The molecule has 0 aliphatic heterocycles. The van der Waals surface area contributed by atoms with Crippen molar-refractivity contribution in [1.29, 1.82) is 5.26 Å². The Balaban J connectivity index is 2.53. The third-order valence-electron chi connectivity index (χ3n) is 2.61. The highest BCUT2D eigenvalue weighted by Crippen LogP contribution is 2.33. The highest BCUT2D eigenvalue weighted by atomic mass is 16.3. The molecule has 2 nitrogen and oxygen atoms in total. The van der Waals surface area contributed by atoms with Crippen LogP contribution in [0.2, 0.25) is 0 Å². The van der Waals surface area contributed by atoms with Crippen LogP contribution in [0.25, 0.3) is 0 Å². The van der Waals surface area contributed by atoms with Crippen molar-refractivity contribution in [3.8, 4) is 6.07 Å². The van der Waals surface area contributed by atoms with Crippen molar-refractivity contribution in [2.24, 2.45) is 5.92 Å². The highest BCUT2D eigenvalue weighted by molar-refractivity contribution is 5.02. The Bertz CT molecular complexity index is 173. The van der Waals surface area contributed by atoms with Gasteiger partial charge in [-0.3, -0.25) is 0 Å². The summed E-state index contributed by atoms with van der Waals surface area (Å²) in [5.74, 6) is 0.563. The molecule has 1 fully saturated rings. The Kier molecular flexibility index (Phi) is 2.51. The summed E-state index contributed by atoms with van der Waals surface area (Å²) < 4.78 is 0. The predicted octanol–water partition coefficient (Wildman–Crippen LogP) is 1.84. The van der Waals surface area contributed by atoms with E-state index < -0.39 is 5.60 Å². The van der Waals surface area contributed by atoms with Gasteiger partial charge in [-0.25, -0.2) is 0 Å². The minimum absolute atomic E-state index is 0.563. The van der Waals surface area contributed by atoms with Gasteiger partial charge < -0.3 is 5.11 Å². The zero-order valence-corrected chi connectivity index (χ0v) is 7.01. The fraction of sp³-hybridized carbons (Fsp3) is 0.889. The Morgan fingerprint density at radius 3 is 3.00 bits per heavy atom. The summed E-state index contributed by atoms with van der Waals surface area (Å²) >= 11 is 0. The lowest BCUT2D eigenvalue weighted by atomic mass is 9.78. The van der Waals surface area contributed by atoms with E-state index in [1.165, 1.54) is 6.42 Å². The molecule has 0 aromatic heterocycles. The van der Waals surface area contributed by atoms with Crippen LogP contribution < -0.4 is 0 Å². The van der Waals surface area contributed by atoms with Crippen molar-refractivity contribution in [3.05, 3.63) is 0 Å². The van der Waals surface area contributed by atoms with Crippen molar-refractivity contribution in [2.75, 3.05) is 0 Å². The van der Waals surface area contributed by atoms with Gasteiger partial charge in [0.1, 0.15) is 0 Å². The fourth-order valence-corrected chi connectivity index (χ4v) is 1.81. The maximum Gasteiger partial charge on any atom is 0.151 e. The number of rotatable bonds is 1. The minimum atomic E-state index is -1.00. The van der Waals surface area contributed by atoms with Crippen LogP contribution in [0.1, 0.15) is 39.0 Å². The molecule has 0 bridgehead atoms. The zero-order valence-electron chi connectivity index (χ0n) is 7.01. The standard InChI is InChI=1S/C9H15NO/c1-2-8-4-3-5-9(11,6-8)7-10/h8,11H,2-6H2,1H3. The van der Waals surface area contributed by atoms with Gasteiger partial charge in [-0.15, -0.1) is 0 Å². The smallest absolute Gasteiger partial charge is 0.151 e. The van der Waals surface area contributed by atoms with Gasteiger partial charge in [0.2, 0.25) is 0 Å². The lowest BCUT2D eigenvalue weighted by Gasteiger charge is -2.30. The monoisotopic (exact) mass is 153 g/mol. The van der Waals surface area contributed by atoms with Crippen LogP contribution in [0, 0.1) is 17.2 Å². The van der Waals surface area contributed by atoms with Gasteiger partial charge in [0.15, 0.2) is 5.60 Å². The van der Waals surface area contributed by atoms with E-state index in [-0.39, 0.29) is 0 Å². The van der Waals surface area contributed by atoms with E-state index in [4.69, 9.17) is 5.26 Å². The number of nitriles is 1. The van der Waals surface area contributed by atoms with Gasteiger partial charge in [0, 0.05) is 0 Å². The second-order valence-electron chi connectivity index (χ2n) is 3.51. The van der Waals surface area contributed by atoms with Crippen LogP contribution in [0.15, 0.2) is 0 Å². The van der Waals surface area contributed by atoms with Crippen molar-refractivity contribution in [2.45, 2.75) is 44.6 Å². The number of aliphatic hydroxyl groups is 1. The van der Waals surface area contributed by atoms with Crippen LogP contribution in [0.5, 0.6) is 0 Å². The third kappa shape index (κ3) is 1.94. The summed E-state index contributed by atoms with van der Waals surface area (Å²) in [5, 5.41) is 18.3. The summed E-state index contributed by atoms with van der Waals surface area (Å²) in [7, 11) is 0. The molecular weight excluding hydrogens is 138 g/mol. The molecule has 2 atom stereocenters. The first-order chi connectivity index (χ1) is 5.20. The van der Waals surface area contributed by atoms with Crippen molar-refractivity contribution in [3.63, 3.8) is 0 Å². The second-order valence-corrected chi connectivity index (χ2v) is 3.51. The average Bonchev–Trinajstić information content (AvgIpc) is 2.05. The Hall–Kier alpha value is -0.550. The molecule has 1 aliphatic carbocycles. The maximum absolute atomic E-state index is 9.62. The molecule has 2 unspecified atom stereocenters. The Morgan fingerprint density at radius 1 is 1.73 bits per heavy atom. The van der Waals surface area contributed by atoms with Crippen molar-refractivity contribution < 1.29 is 5.11 Å². The summed E-state index contributed by atoms with van der Waals surface area (Å²) in [4.78, 5) is 0. The molecule has 2 heteroatoms. The zero-order chi connectivity index (χ0) is 8.32. The number of hydrogen-bond acceptors (Lipinski definition) is 2. The van der Waals surface area contributed by atoms with E-state index in [0.29, 0.717) is 18.8 Å². The molecule has 0 heterocycles. The largest absolute Gasteiger partial charge is 0.375 e. The van der Waals surface area contributed by atoms with Gasteiger partial charge in [-0.1, -0.05) is 19.8 Å². The third-order valence-corrected chi connectivity index (χ3v) is 2.61. The maximum atomic E-state index is 9.62. The molecule has 11 heavy (non-hydrogen) atoms.